The predicted octanol–water partition coefficient (Wildman–Crippen LogP) is 5.26. The number of anilines is 1. The van der Waals surface area contributed by atoms with Gasteiger partial charge in [0.15, 0.2) is 11.5 Å². The Labute approximate surface area is 259 Å². The zero-order valence-corrected chi connectivity index (χ0v) is 27.2. The molecule has 2 atom stereocenters. The highest BCUT2D eigenvalue weighted by Gasteiger charge is 2.43. The van der Waals surface area contributed by atoms with E-state index in [9.17, 15) is 15.0 Å². The van der Waals surface area contributed by atoms with Gasteiger partial charge in [-0.1, -0.05) is 42.8 Å². The summed E-state index contributed by atoms with van der Waals surface area (Å²) < 4.78 is 9.38. The molecule has 1 aromatic carbocycles. The summed E-state index contributed by atoms with van der Waals surface area (Å²) in [4.78, 5) is 23.6. The van der Waals surface area contributed by atoms with E-state index in [1.165, 1.54) is 0 Å². The van der Waals surface area contributed by atoms with E-state index < -0.39 is 14.2 Å². The number of nitrogens with one attached hydrogen (secondary N) is 1. The van der Waals surface area contributed by atoms with Crippen molar-refractivity contribution in [1.29, 1.82) is 0 Å². The molecule has 0 saturated carbocycles. The van der Waals surface area contributed by atoms with E-state index in [0.29, 0.717) is 74.5 Å². The van der Waals surface area contributed by atoms with E-state index in [1.54, 1.807) is 16.4 Å². The Hall–Kier alpha value is -2.97. The second-order valence-electron chi connectivity index (χ2n) is 12.7. The summed E-state index contributed by atoms with van der Waals surface area (Å²) in [5.74, 6) is 0.600. The molecular weight excluding hydrogens is 611 g/mol. The molecule has 2 saturated heterocycles. The summed E-state index contributed by atoms with van der Waals surface area (Å²) >= 11 is 13.5. The lowest BCUT2D eigenvalue weighted by molar-refractivity contribution is 0.0814. The van der Waals surface area contributed by atoms with Crippen molar-refractivity contribution in [2.24, 2.45) is 7.05 Å². The molecule has 0 spiro atoms. The molecule has 43 heavy (non-hydrogen) atoms. The molecule has 0 radical (unpaired) electrons. The van der Waals surface area contributed by atoms with Gasteiger partial charge < -0.3 is 25.2 Å². The topological polar surface area (TPSA) is 143 Å². The second kappa shape index (κ2) is 11.5. The van der Waals surface area contributed by atoms with Gasteiger partial charge in [0, 0.05) is 45.4 Å². The molecule has 15 heteroatoms. The third-order valence-corrected chi connectivity index (χ3v) is 10.9. The maximum Gasteiger partial charge on any atom is 0.404 e. The van der Waals surface area contributed by atoms with Crippen LogP contribution in [0, 0.1) is 0 Å². The van der Waals surface area contributed by atoms with Gasteiger partial charge >= 0.3 is 6.09 Å². The Morgan fingerprint density at radius 1 is 1.14 bits per heavy atom. The van der Waals surface area contributed by atoms with Crippen LogP contribution in [0.5, 0.6) is 0 Å². The highest BCUT2D eigenvalue weighted by atomic mass is 35.5. The van der Waals surface area contributed by atoms with Crippen molar-refractivity contribution in [3.63, 3.8) is 0 Å². The average molecular weight is 648 g/mol. The molecule has 4 aromatic rings. The minimum atomic E-state index is -1.30. The number of rotatable bonds is 9. The number of piperidine rings is 1. The number of hydrogen-bond donors (Lipinski definition) is 3. The van der Waals surface area contributed by atoms with Crippen LogP contribution in [-0.4, -0.2) is 78.6 Å². The third kappa shape index (κ3) is 5.68. The lowest BCUT2D eigenvalue weighted by atomic mass is 9.97. The highest BCUT2D eigenvalue weighted by Crippen LogP contribution is 2.42. The zero-order valence-electron chi connectivity index (χ0n) is 24.6. The molecule has 2 aliphatic rings. The van der Waals surface area contributed by atoms with Crippen LogP contribution in [0.2, 0.25) is 35.9 Å². The van der Waals surface area contributed by atoms with E-state index in [0.717, 1.165) is 18.9 Å². The molecule has 1 amide bonds. The predicted molar refractivity (Wildman–Crippen MR) is 169 cm³/mol. The molecule has 2 unspecified atom stereocenters. The van der Waals surface area contributed by atoms with Gasteiger partial charge in [-0.05, 0) is 43.9 Å². The third-order valence-electron chi connectivity index (χ3n) is 8.41. The van der Waals surface area contributed by atoms with Crippen LogP contribution in [0.4, 0.5) is 10.6 Å². The first-order valence-corrected chi connectivity index (χ1v) is 19.0. The summed E-state index contributed by atoms with van der Waals surface area (Å²) in [5.41, 5.74) is 3.26. The van der Waals surface area contributed by atoms with Crippen molar-refractivity contribution in [2.45, 2.75) is 82.8 Å². The number of aromatic nitrogens is 6. The monoisotopic (exact) mass is 646 g/mol. The lowest BCUT2D eigenvalue weighted by Crippen LogP contribution is -2.51. The number of amides is 1. The number of aliphatic hydroxyl groups is 1. The first-order chi connectivity index (χ1) is 20.4. The number of carboxylic acid groups (broad SMARTS) is 1. The number of aryl methyl sites for hydroxylation is 1. The maximum absolute atomic E-state index is 11.3. The van der Waals surface area contributed by atoms with E-state index in [2.05, 4.69) is 35.0 Å². The minimum absolute atomic E-state index is 0.0843. The Balaban J connectivity index is 1.45. The van der Waals surface area contributed by atoms with Gasteiger partial charge in [-0.25, -0.2) is 19.4 Å². The molecule has 3 N–H and O–H groups in total. The molecule has 12 nitrogen and oxygen atoms in total. The second-order valence-corrected chi connectivity index (χ2v) is 19.0. The normalized spacial score (nSPS) is 20.4. The number of halogens is 2. The first-order valence-electron chi connectivity index (χ1n) is 14.5. The molecule has 5 heterocycles. The molecule has 2 bridgehead atoms. The number of fused-ring (bicyclic) bond motifs is 4. The van der Waals surface area contributed by atoms with Gasteiger partial charge in [0.05, 0.1) is 22.5 Å². The van der Waals surface area contributed by atoms with Crippen LogP contribution < -0.4 is 10.2 Å². The Bertz CT molecular complexity index is 1690. The Kier molecular flexibility index (Phi) is 8.05. The first kappa shape index (κ1) is 30.1. The van der Waals surface area contributed by atoms with E-state index >= 15 is 0 Å². The van der Waals surface area contributed by atoms with E-state index in [-0.39, 0.29) is 31.5 Å². The largest absolute Gasteiger partial charge is 0.465 e. The Morgan fingerprint density at radius 2 is 1.86 bits per heavy atom. The van der Waals surface area contributed by atoms with Crippen molar-refractivity contribution in [2.75, 3.05) is 11.5 Å². The summed E-state index contributed by atoms with van der Waals surface area (Å²) in [6.07, 6.45) is 2.15. The molecule has 2 aliphatic heterocycles. The summed E-state index contributed by atoms with van der Waals surface area (Å²) in [6.45, 7) is 7.38. The quantitative estimate of drug-likeness (QED) is 0.164. The number of carbonyl (C=O) groups is 1. The highest BCUT2D eigenvalue weighted by molar-refractivity contribution is 6.76. The van der Waals surface area contributed by atoms with Gasteiger partial charge in [-0.15, -0.1) is 0 Å². The number of hydrogen-bond acceptors (Lipinski definition) is 8. The number of benzene rings is 1. The summed E-state index contributed by atoms with van der Waals surface area (Å²) in [6, 6.07) is 4.76. The Morgan fingerprint density at radius 3 is 2.51 bits per heavy atom. The van der Waals surface area contributed by atoms with Crippen molar-refractivity contribution < 1.29 is 19.7 Å². The smallest absolute Gasteiger partial charge is 0.404 e. The number of ether oxygens (including phenoxy) is 1. The number of aliphatic hydroxyl groups excluding tert-OH is 1. The fourth-order valence-electron chi connectivity index (χ4n) is 6.33. The van der Waals surface area contributed by atoms with Crippen LogP contribution in [0.3, 0.4) is 0 Å². The van der Waals surface area contributed by atoms with Gasteiger partial charge in [-0.3, -0.25) is 4.68 Å². The fraction of sp³-hybridized carbons (Fsp3) is 0.536. The van der Waals surface area contributed by atoms with Crippen molar-refractivity contribution in [3.05, 3.63) is 28.0 Å². The van der Waals surface area contributed by atoms with Crippen LogP contribution in [-0.2, 0) is 25.1 Å². The van der Waals surface area contributed by atoms with Crippen molar-refractivity contribution in [3.8, 4) is 11.3 Å². The van der Waals surface area contributed by atoms with Crippen molar-refractivity contribution in [1.82, 2.24) is 34.8 Å². The van der Waals surface area contributed by atoms with Crippen LogP contribution in [0.15, 0.2) is 12.1 Å². The van der Waals surface area contributed by atoms with Crippen LogP contribution in [0.1, 0.15) is 31.4 Å². The van der Waals surface area contributed by atoms with Gasteiger partial charge in [0.1, 0.15) is 28.8 Å². The SMILES string of the molecule is Cn1nc2ccc(-c3nn(COCC[Si](C)(C)C)c4nc(N5C6CCC5CC(NC(=O)O)C6)c(CO)nc34)c(Cl)c2c1Cl. The lowest BCUT2D eigenvalue weighted by Gasteiger charge is -2.40. The molecule has 6 rings (SSSR count). The maximum atomic E-state index is 11.3. The number of nitrogens with zero attached hydrogens (tertiary/aromatic N) is 7. The van der Waals surface area contributed by atoms with Crippen LogP contribution in [0.25, 0.3) is 33.3 Å². The standard InChI is InChI=1S/C28H36Cl2N8O4Si/c1-36-25(30)21-19(34-36)8-7-18(22(21)29)23-24-27(37(35-23)14-42-9-10-43(2,3)4)33-26(20(13-39)32-24)38-16-5-6-17(38)12-15(11-16)31-28(40)41/h7-8,15-17,31,39H,5-6,9-14H2,1-4H3,(H,40,41). The summed E-state index contributed by atoms with van der Waals surface area (Å²) in [5, 5.41) is 33.2. The summed E-state index contributed by atoms with van der Waals surface area (Å²) in [7, 11) is 0.460. The fourth-order valence-corrected chi connectivity index (χ4v) is 7.70. The molecular formula is C28H36Cl2N8O4Si. The van der Waals surface area contributed by atoms with E-state index in [1.807, 2.05) is 12.1 Å². The minimum Gasteiger partial charge on any atom is -0.465 e. The van der Waals surface area contributed by atoms with Crippen molar-refractivity contribution >= 4 is 65.3 Å². The van der Waals surface area contributed by atoms with Crippen LogP contribution >= 0.6 is 23.2 Å². The molecule has 230 valence electrons. The van der Waals surface area contributed by atoms with Gasteiger partial charge in [0.25, 0.3) is 0 Å². The van der Waals surface area contributed by atoms with E-state index in [4.69, 9.17) is 43.0 Å². The molecule has 3 aromatic heterocycles. The van der Waals surface area contributed by atoms with Gasteiger partial charge in [-0.2, -0.15) is 10.2 Å². The van der Waals surface area contributed by atoms with Gasteiger partial charge in [0.2, 0.25) is 0 Å². The average Bonchev–Trinajstić information content (AvgIpc) is 3.53. The molecule has 2 fully saturated rings. The molecule has 0 aliphatic carbocycles. The zero-order chi connectivity index (χ0) is 30.6.